The summed E-state index contributed by atoms with van der Waals surface area (Å²) in [5.41, 5.74) is -0.136. The van der Waals surface area contributed by atoms with Gasteiger partial charge in [-0.2, -0.15) is 0 Å². The molecule has 0 aromatic heterocycles. The molecule has 2 aromatic carbocycles. The molecule has 20 heavy (non-hydrogen) atoms. The van der Waals surface area contributed by atoms with Crippen molar-refractivity contribution >= 4 is 34.5 Å². The van der Waals surface area contributed by atoms with Crippen molar-refractivity contribution in [3.63, 3.8) is 0 Å². The van der Waals surface area contributed by atoms with Crippen LogP contribution in [0.3, 0.4) is 0 Å². The van der Waals surface area contributed by atoms with E-state index in [4.69, 9.17) is 9.84 Å². The predicted octanol–water partition coefficient (Wildman–Crippen LogP) is 2.91. The van der Waals surface area contributed by atoms with E-state index in [0.29, 0.717) is 0 Å². The molecule has 0 radical (unpaired) electrons. The minimum absolute atomic E-state index is 0.0166. The Hall–Kier alpha value is -2.09. The normalized spacial score (nSPS) is 10.1. The number of hydrogen-bond donors (Lipinski definition) is 2. The first-order valence-electron chi connectivity index (χ1n) is 5.52. The molecule has 0 unspecified atom stereocenters. The van der Waals surface area contributed by atoms with Gasteiger partial charge in [0.2, 0.25) is 0 Å². The number of carbonyl (C=O) groups excluding carboxylic acids is 1. The second kappa shape index (κ2) is 5.91. The highest BCUT2D eigenvalue weighted by atomic mass is 127. The fourth-order valence-corrected chi connectivity index (χ4v) is 2.05. The van der Waals surface area contributed by atoms with Crippen LogP contribution < -0.4 is 4.74 Å². The van der Waals surface area contributed by atoms with Crippen LogP contribution in [0.4, 0.5) is 0 Å². The Morgan fingerprint density at radius 3 is 2.45 bits per heavy atom. The number of carboxylic acids is 1. The Balaban J connectivity index is 2.33. The Labute approximate surface area is 128 Å². The molecule has 0 heterocycles. The first-order valence-corrected chi connectivity index (χ1v) is 6.60. The molecule has 2 aromatic rings. The summed E-state index contributed by atoms with van der Waals surface area (Å²) in [4.78, 5) is 23.0. The SMILES string of the molecule is O=C(Oc1ccccc1C(=O)O)c1cc(I)ccc1O. The van der Waals surface area contributed by atoms with E-state index in [9.17, 15) is 14.7 Å². The van der Waals surface area contributed by atoms with Crippen molar-refractivity contribution in [2.75, 3.05) is 0 Å². The van der Waals surface area contributed by atoms with Gasteiger partial charge in [0.05, 0.1) is 0 Å². The van der Waals surface area contributed by atoms with E-state index in [2.05, 4.69) is 0 Å². The van der Waals surface area contributed by atoms with Crippen LogP contribution in [0, 0.1) is 3.57 Å². The van der Waals surface area contributed by atoms with E-state index in [-0.39, 0.29) is 22.6 Å². The van der Waals surface area contributed by atoms with Crippen LogP contribution in [0.15, 0.2) is 42.5 Å². The summed E-state index contributed by atoms with van der Waals surface area (Å²) >= 11 is 1.99. The van der Waals surface area contributed by atoms with Gasteiger partial charge >= 0.3 is 11.9 Å². The number of aromatic carboxylic acids is 1. The van der Waals surface area contributed by atoms with E-state index in [0.717, 1.165) is 3.57 Å². The van der Waals surface area contributed by atoms with E-state index >= 15 is 0 Å². The zero-order valence-corrected chi connectivity index (χ0v) is 12.2. The molecule has 0 bridgehead atoms. The van der Waals surface area contributed by atoms with Crippen molar-refractivity contribution in [2.24, 2.45) is 0 Å². The molecule has 2 N–H and O–H groups in total. The first kappa shape index (κ1) is 14.3. The summed E-state index contributed by atoms with van der Waals surface area (Å²) in [6.07, 6.45) is 0. The largest absolute Gasteiger partial charge is 0.507 e. The Bertz CT molecular complexity index is 681. The molecule has 5 nitrogen and oxygen atoms in total. The third kappa shape index (κ3) is 3.08. The minimum atomic E-state index is -1.19. The average molecular weight is 384 g/mol. The maximum absolute atomic E-state index is 12.0. The van der Waals surface area contributed by atoms with E-state index in [1.165, 1.54) is 30.3 Å². The van der Waals surface area contributed by atoms with Gasteiger partial charge < -0.3 is 14.9 Å². The highest BCUT2D eigenvalue weighted by Crippen LogP contribution is 2.24. The van der Waals surface area contributed by atoms with Gasteiger partial charge in [-0.05, 0) is 52.9 Å². The molecule has 0 amide bonds. The highest BCUT2D eigenvalue weighted by molar-refractivity contribution is 14.1. The number of carbonyl (C=O) groups is 2. The van der Waals surface area contributed by atoms with Gasteiger partial charge in [0.25, 0.3) is 0 Å². The standard InChI is InChI=1S/C14H9IO5/c15-8-5-6-11(16)10(7-8)14(19)20-12-4-2-1-3-9(12)13(17)18/h1-7,16H,(H,17,18). The second-order valence-electron chi connectivity index (χ2n) is 3.85. The topological polar surface area (TPSA) is 83.8 Å². The second-order valence-corrected chi connectivity index (χ2v) is 5.10. The van der Waals surface area contributed by atoms with Gasteiger partial charge in [-0.3, -0.25) is 0 Å². The molecule has 0 spiro atoms. The predicted molar refractivity (Wildman–Crippen MR) is 79.2 cm³/mol. The Morgan fingerprint density at radius 1 is 1.05 bits per heavy atom. The lowest BCUT2D eigenvalue weighted by atomic mass is 10.2. The third-order valence-electron chi connectivity index (χ3n) is 2.50. The summed E-state index contributed by atoms with van der Waals surface area (Å²) in [6, 6.07) is 10.3. The first-order chi connectivity index (χ1) is 9.49. The van der Waals surface area contributed by atoms with Gasteiger partial charge in [-0.1, -0.05) is 12.1 Å². The van der Waals surface area contributed by atoms with Crippen LogP contribution in [-0.4, -0.2) is 22.2 Å². The molecule has 0 fully saturated rings. The van der Waals surface area contributed by atoms with Crippen molar-refractivity contribution in [2.45, 2.75) is 0 Å². The van der Waals surface area contributed by atoms with Crippen LogP contribution in [0.5, 0.6) is 11.5 Å². The van der Waals surface area contributed by atoms with Crippen molar-refractivity contribution in [1.29, 1.82) is 0 Å². The highest BCUT2D eigenvalue weighted by Gasteiger charge is 2.18. The number of esters is 1. The molecule has 0 aliphatic heterocycles. The summed E-state index contributed by atoms with van der Waals surface area (Å²) in [6.45, 7) is 0. The lowest BCUT2D eigenvalue weighted by Gasteiger charge is -2.08. The van der Waals surface area contributed by atoms with Gasteiger partial charge in [-0.25, -0.2) is 9.59 Å². The smallest absolute Gasteiger partial charge is 0.347 e. The number of aromatic hydroxyl groups is 1. The lowest BCUT2D eigenvalue weighted by molar-refractivity contribution is 0.0681. The number of phenols is 1. The molecule has 102 valence electrons. The third-order valence-corrected chi connectivity index (χ3v) is 3.17. The fourth-order valence-electron chi connectivity index (χ4n) is 1.56. The molecule has 0 saturated carbocycles. The summed E-state index contributed by atoms with van der Waals surface area (Å²) in [7, 11) is 0. The number of rotatable bonds is 3. The molecule has 0 atom stereocenters. The maximum atomic E-state index is 12.0. The number of phenolic OH excluding ortho intramolecular Hbond substituents is 1. The zero-order valence-electron chi connectivity index (χ0n) is 10.0. The Kier molecular flexibility index (Phi) is 4.23. The van der Waals surface area contributed by atoms with Crippen molar-refractivity contribution in [1.82, 2.24) is 0 Å². The van der Waals surface area contributed by atoms with Gasteiger partial charge in [0.1, 0.15) is 22.6 Å². The zero-order chi connectivity index (χ0) is 14.7. The van der Waals surface area contributed by atoms with Crippen LogP contribution >= 0.6 is 22.6 Å². The number of ether oxygens (including phenoxy) is 1. The van der Waals surface area contributed by atoms with E-state index < -0.39 is 11.9 Å². The quantitative estimate of drug-likeness (QED) is 0.483. The summed E-state index contributed by atoms with van der Waals surface area (Å²) in [5.74, 6) is -2.29. The number of hydrogen-bond acceptors (Lipinski definition) is 4. The molecule has 0 saturated heterocycles. The number of benzene rings is 2. The molecular formula is C14H9IO5. The molecule has 0 aliphatic rings. The molecule has 2 rings (SSSR count). The van der Waals surface area contributed by atoms with Crippen LogP contribution in [0.2, 0.25) is 0 Å². The van der Waals surface area contributed by atoms with Crippen LogP contribution in [-0.2, 0) is 0 Å². The molecular weight excluding hydrogens is 375 g/mol. The molecule has 0 aliphatic carbocycles. The minimum Gasteiger partial charge on any atom is -0.507 e. The van der Waals surface area contributed by atoms with Gasteiger partial charge in [-0.15, -0.1) is 0 Å². The molecule has 6 heteroatoms. The monoisotopic (exact) mass is 384 g/mol. The fraction of sp³-hybridized carbons (Fsp3) is 0. The number of para-hydroxylation sites is 1. The summed E-state index contributed by atoms with van der Waals surface area (Å²) in [5, 5.41) is 18.6. The van der Waals surface area contributed by atoms with Crippen LogP contribution in [0.1, 0.15) is 20.7 Å². The van der Waals surface area contributed by atoms with Gasteiger partial charge in [0, 0.05) is 3.57 Å². The average Bonchev–Trinajstić information content (AvgIpc) is 2.41. The van der Waals surface area contributed by atoms with Crippen molar-refractivity contribution in [3.05, 3.63) is 57.2 Å². The van der Waals surface area contributed by atoms with E-state index in [1.54, 1.807) is 12.1 Å². The van der Waals surface area contributed by atoms with Crippen molar-refractivity contribution < 1.29 is 24.5 Å². The van der Waals surface area contributed by atoms with Crippen LogP contribution in [0.25, 0.3) is 0 Å². The maximum Gasteiger partial charge on any atom is 0.347 e. The van der Waals surface area contributed by atoms with Crippen molar-refractivity contribution in [3.8, 4) is 11.5 Å². The number of carboxylic acid groups (broad SMARTS) is 1. The number of halogens is 1. The van der Waals surface area contributed by atoms with Gasteiger partial charge in [0.15, 0.2) is 0 Å². The summed E-state index contributed by atoms with van der Waals surface area (Å²) < 4.78 is 5.79. The Morgan fingerprint density at radius 2 is 1.75 bits per heavy atom. The lowest BCUT2D eigenvalue weighted by Crippen LogP contribution is -2.11. The van der Waals surface area contributed by atoms with E-state index in [1.807, 2.05) is 22.6 Å².